The number of nitro groups is 1. The Morgan fingerprint density at radius 3 is 2.60 bits per heavy atom. The third kappa shape index (κ3) is 2.91. The Kier molecular flexibility index (Phi) is 3.94. The highest BCUT2D eigenvalue weighted by Crippen LogP contribution is 2.24. The van der Waals surface area contributed by atoms with E-state index < -0.39 is 21.7 Å². The summed E-state index contributed by atoms with van der Waals surface area (Å²) in [7, 11) is -1.69. The van der Waals surface area contributed by atoms with Crippen LogP contribution >= 0.6 is 0 Å². The molecule has 2 aromatic rings. The number of furan rings is 1. The van der Waals surface area contributed by atoms with Gasteiger partial charge in [-0.3, -0.25) is 14.3 Å². The van der Waals surface area contributed by atoms with Crippen molar-refractivity contribution < 1.29 is 23.5 Å². The van der Waals surface area contributed by atoms with Gasteiger partial charge in [-0.1, -0.05) is 12.1 Å². The molecule has 1 heterocycles. The maximum atomic E-state index is 12.1. The number of aromatic carboxylic acids is 1. The van der Waals surface area contributed by atoms with Crippen molar-refractivity contribution in [3.8, 4) is 0 Å². The van der Waals surface area contributed by atoms with E-state index in [-0.39, 0.29) is 27.9 Å². The van der Waals surface area contributed by atoms with Crippen LogP contribution in [0.4, 0.5) is 5.69 Å². The van der Waals surface area contributed by atoms with E-state index in [4.69, 9.17) is 9.52 Å². The number of carboxylic acids is 1. The minimum Gasteiger partial charge on any atom is -0.475 e. The molecule has 0 radical (unpaired) electrons. The predicted octanol–water partition coefficient (Wildman–Crippen LogP) is 2.19. The quantitative estimate of drug-likeness (QED) is 0.668. The molecule has 0 saturated carbocycles. The van der Waals surface area contributed by atoms with Crippen molar-refractivity contribution >= 4 is 22.5 Å². The smallest absolute Gasteiger partial charge is 0.371 e. The average Bonchev–Trinajstić information content (AvgIpc) is 2.87. The van der Waals surface area contributed by atoms with Crippen LogP contribution in [0.1, 0.15) is 16.3 Å². The number of hydrogen-bond acceptors (Lipinski definition) is 5. The van der Waals surface area contributed by atoms with Gasteiger partial charge in [0, 0.05) is 6.07 Å². The summed E-state index contributed by atoms with van der Waals surface area (Å²) < 4.78 is 17.1. The van der Waals surface area contributed by atoms with Gasteiger partial charge in [-0.25, -0.2) is 4.79 Å². The fraction of sp³-hybridized carbons (Fsp3) is 0.0833. The van der Waals surface area contributed by atoms with Crippen LogP contribution in [0.25, 0.3) is 0 Å². The zero-order chi connectivity index (χ0) is 14.7. The van der Waals surface area contributed by atoms with Gasteiger partial charge in [-0.05, 0) is 18.2 Å². The first-order valence-electron chi connectivity index (χ1n) is 5.43. The molecule has 1 aromatic carbocycles. The van der Waals surface area contributed by atoms with Gasteiger partial charge < -0.3 is 9.52 Å². The van der Waals surface area contributed by atoms with Gasteiger partial charge in [0.05, 0.1) is 21.5 Å². The van der Waals surface area contributed by atoms with Gasteiger partial charge in [0.2, 0.25) is 5.76 Å². The van der Waals surface area contributed by atoms with Gasteiger partial charge in [0.25, 0.3) is 5.69 Å². The molecule has 0 saturated heterocycles. The van der Waals surface area contributed by atoms with Crippen LogP contribution in [0.15, 0.2) is 45.7 Å². The maximum Gasteiger partial charge on any atom is 0.371 e. The first kappa shape index (κ1) is 13.9. The number of nitrogens with zero attached hydrogens (tertiary/aromatic N) is 1. The lowest BCUT2D eigenvalue weighted by molar-refractivity contribution is -0.387. The lowest BCUT2D eigenvalue weighted by Gasteiger charge is -2.01. The molecule has 7 nitrogen and oxygen atoms in total. The summed E-state index contributed by atoms with van der Waals surface area (Å²) in [5, 5.41) is 19.5. The van der Waals surface area contributed by atoms with Gasteiger partial charge >= 0.3 is 5.97 Å². The maximum absolute atomic E-state index is 12.1. The van der Waals surface area contributed by atoms with Gasteiger partial charge in [0.15, 0.2) is 0 Å². The molecule has 1 aromatic heterocycles. The van der Waals surface area contributed by atoms with Crippen molar-refractivity contribution in [2.75, 3.05) is 0 Å². The van der Waals surface area contributed by atoms with Crippen LogP contribution in [0.2, 0.25) is 0 Å². The highest BCUT2D eigenvalue weighted by Gasteiger charge is 2.20. The highest BCUT2D eigenvalue weighted by atomic mass is 32.2. The largest absolute Gasteiger partial charge is 0.475 e. The van der Waals surface area contributed by atoms with Crippen LogP contribution in [-0.2, 0) is 16.6 Å². The summed E-state index contributed by atoms with van der Waals surface area (Å²) in [6.07, 6.45) is 0. The molecule has 1 N–H and O–H groups in total. The van der Waals surface area contributed by atoms with E-state index in [1.807, 2.05) is 0 Å². The highest BCUT2D eigenvalue weighted by molar-refractivity contribution is 7.84. The van der Waals surface area contributed by atoms with E-state index in [1.54, 1.807) is 6.07 Å². The van der Waals surface area contributed by atoms with Crippen molar-refractivity contribution in [1.29, 1.82) is 0 Å². The number of nitro benzene ring substituents is 1. The molecular weight excluding hydrogens is 286 g/mol. The fourth-order valence-corrected chi connectivity index (χ4v) is 2.75. The standard InChI is InChI=1S/C12H9NO6S/c14-12(15)10-6-5-8(19-10)7-20(18)11-4-2-1-3-9(11)13(16)17/h1-6H,7H2,(H,14,15). The van der Waals surface area contributed by atoms with Crippen LogP contribution in [0.3, 0.4) is 0 Å². The van der Waals surface area contributed by atoms with Crippen LogP contribution in [0, 0.1) is 10.1 Å². The minimum absolute atomic E-state index is 0.0748. The van der Waals surface area contributed by atoms with E-state index in [0.29, 0.717) is 0 Å². The van der Waals surface area contributed by atoms with Crippen molar-refractivity contribution in [3.05, 3.63) is 58.0 Å². The zero-order valence-electron chi connectivity index (χ0n) is 10.0. The number of benzene rings is 1. The molecule has 0 aliphatic rings. The first-order valence-corrected chi connectivity index (χ1v) is 6.74. The Hall–Kier alpha value is -2.48. The van der Waals surface area contributed by atoms with Crippen molar-refractivity contribution in [1.82, 2.24) is 0 Å². The summed E-state index contributed by atoms with van der Waals surface area (Å²) in [4.78, 5) is 21.0. The molecule has 0 spiro atoms. The number of para-hydroxylation sites is 1. The molecule has 1 unspecified atom stereocenters. The number of carboxylic acid groups (broad SMARTS) is 1. The molecule has 8 heteroatoms. The molecule has 0 aliphatic carbocycles. The SMILES string of the molecule is O=C(O)c1ccc(CS(=O)c2ccccc2[N+](=O)[O-])o1. The number of hydrogen-bond donors (Lipinski definition) is 1. The minimum atomic E-state index is -1.69. The Labute approximate surface area is 115 Å². The topological polar surface area (TPSA) is 111 Å². The van der Waals surface area contributed by atoms with E-state index in [2.05, 4.69) is 0 Å². The molecule has 0 bridgehead atoms. The molecule has 0 fully saturated rings. The normalized spacial score (nSPS) is 12.0. The molecule has 0 aliphatic heterocycles. The second-order valence-corrected chi connectivity index (χ2v) is 5.21. The van der Waals surface area contributed by atoms with Crippen molar-refractivity contribution in [2.24, 2.45) is 0 Å². The molecule has 20 heavy (non-hydrogen) atoms. The second-order valence-electron chi connectivity index (χ2n) is 3.79. The first-order chi connectivity index (χ1) is 9.49. The molecule has 1 atom stereocenters. The van der Waals surface area contributed by atoms with Crippen LogP contribution in [0.5, 0.6) is 0 Å². The third-order valence-electron chi connectivity index (χ3n) is 2.45. The van der Waals surface area contributed by atoms with Gasteiger partial charge in [-0.2, -0.15) is 0 Å². The van der Waals surface area contributed by atoms with E-state index in [0.717, 1.165) is 0 Å². The fourth-order valence-electron chi connectivity index (χ4n) is 1.58. The van der Waals surface area contributed by atoms with Crippen molar-refractivity contribution in [3.63, 3.8) is 0 Å². The van der Waals surface area contributed by atoms with Crippen LogP contribution in [-0.4, -0.2) is 20.2 Å². The number of carbonyl (C=O) groups is 1. The van der Waals surface area contributed by atoms with Crippen molar-refractivity contribution in [2.45, 2.75) is 10.6 Å². The lowest BCUT2D eigenvalue weighted by atomic mass is 10.3. The Bertz CT molecular complexity index is 693. The van der Waals surface area contributed by atoms with Gasteiger partial charge in [-0.15, -0.1) is 0 Å². The Morgan fingerprint density at radius 2 is 2.00 bits per heavy atom. The Morgan fingerprint density at radius 1 is 1.30 bits per heavy atom. The summed E-state index contributed by atoms with van der Waals surface area (Å²) >= 11 is 0. The number of rotatable bonds is 5. The van der Waals surface area contributed by atoms with Gasteiger partial charge in [0.1, 0.15) is 10.7 Å². The van der Waals surface area contributed by atoms with E-state index in [1.165, 1.54) is 30.3 Å². The zero-order valence-corrected chi connectivity index (χ0v) is 10.8. The lowest BCUT2D eigenvalue weighted by Crippen LogP contribution is -2.00. The average molecular weight is 295 g/mol. The van der Waals surface area contributed by atoms with Crippen LogP contribution < -0.4 is 0 Å². The molecule has 104 valence electrons. The Balaban J connectivity index is 2.24. The summed E-state index contributed by atoms with van der Waals surface area (Å²) in [5.74, 6) is -1.43. The predicted molar refractivity (Wildman–Crippen MR) is 68.9 cm³/mol. The summed E-state index contributed by atoms with van der Waals surface area (Å²) in [5.41, 5.74) is -0.240. The van der Waals surface area contributed by atoms with E-state index >= 15 is 0 Å². The third-order valence-corrected chi connectivity index (χ3v) is 3.84. The summed E-state index contributed by atoms with van der Waals surface area (Å²) in [6, 6.07) is 8.32. The monoisotopic (exact) mass is 295 g/mol. The molecular formula is C12H9NO6S. The summed E-state index contributed by atoms with van der Waals surface area (Å²) in [6.45, 7) is 0. The van der Waals surface area contributed by atoms with E-state index in [9.17, 15) is 19.1 Å². The second kappa shape index (κ2) is 5.66. The molecule has 2 rings (SSSR count). The molecule has 0 amide bonds.